The van der Waals surface area contributed by atoms with Crippen LogP contribution in [-0.4, -0.2) is 72.5 Å². The maximum Gasteiger partial charge on any atom is 0.259 e. The number of pyridine rings is 1. The van der Waals surface area contributed by atoms with Gasteiger partial charge in [-0.3, -0.25) is 4.79 Å². The number of aliphatic hydroxyl groups excluding tert-OH is 1. The normalized spacial score (nSPS) is 18.9. The van der Waals surface area contributed by atoms with Crippen molar-refractivity contribution in [3.8, 4) is 5.88 Å². The SMILES string of the molecule is C[C@H](CO)N1C[C@H](C)[C@@H](CN(C)S(=O)(=O)c2ccc(F)cc2)Oc2ncc(/C=C/c3ccccc3)cc2C1=O. The number of aromatic nitrogens is 1. The third-order valence-corrected chi connectivity index (χ3v) is 8.61. The molecule has 10 heteroatoms. The number of ether oxygens (including phenoxy) is 1. The molecule has 4 rings (SSSR count). The van der Waals surface area contributed by atoms with Gasteiger partial charge in [0.25, 0.3) is 5.91 Å². The number of aliphatic hydroxyl groups is 1. The fourth-order valence-electron chi connectivity index (χ4n) is 4.32. The van der Waals surface area contributed by atoms with Crippen molar-refractivity contribution in [2.75, 3.05) is 26.7 Å². The second-order valence-corrected chi connectivity index (χ2v) is 11.8. The second kappa shape index (κ2) is 12.1. The minimum atomic E-state index is -3.93. The Morgan fingerprint density at radius 1 is 1.15 bits per heavy atom. The molecule has 0 bridgehead atoms. The Hall–Kier alpha value is -3.60. The summed E-state index contributed by atoms with van der Waals surface area (Å²) in [5.41, 5.74) is 1.90. The number of halogens is 1. The van der Waals surface area contributed by atoms with Crippen LogP contribution in [0.5, 0.6) is 5.88 Å². The molecule has 3 atom stereocenters. The van der Waals surface area contributed by atoms with Crippen LogP contribution in [0.15, 0.2) is 71.8 Å². The topological polar surface area (TPSA) is 100 Å². The Bertz CT molecular complexity index is 1430. The molecule has 2 heterocycles. The molecule has 1 aliphatic heterocycles. The fraction of sp³-hybridized carbons (Fsp3) is 0.310. The molecule has 8 nitrogen and oxygen atoms in total. The number of hydrogen-bond donors (Lipinski definition) is 1. The summed E-state index contributed by atoms with van der Waals surface area (Å²) in [5.74, 6) is -1.07. The van der Waals surface area contributed by atoms with E-state index in [1.165, 1.54) is 19.2 Å². The van der Waals surface area contributed by atoms with Gasteiger partial charge in [0, 0.05) is 25.7 Å². The van der Waals surface area contributed by atoms with Gasteiger partial charge in [0.2, 0.25) is 15.9 Å². The molecule has 0 saturated carbocycles. The molecule has 1 aliphatic rings. The van der Waals surface area contributed by atoms with Crippen molar-refractivity contribution < 1.29 is 27.4 Å². The smallest absolute Gasteiger partial charge is 0.259 e. The van der Waals surface area contributed by atoms with Crippen LogP contribution < -0.4 is 4.74 Å². The van der Waals surface area contributed by atoms with Crippen LogP contribution in [0.25, 0.3) is 12.2 Å². The average molecular weight is 554 g/mol. The quantitative estimate of drug-likeness (QED) is 0.454. The zero-order chi connectivity index (χ0) is 28.2. The average Bonchev–Trinajstić information content (AvgIpc) is 2.94. The maximum absolute atomic E-state index is 13.6. The van der Waals surface area contributed by atoms with Gasteiger partial charge >= 0.3 is 0 Å². The van der Waals surface area contributed by atoms with Gasteiger partial charge in [0.1, 0.15) is 17.5 Å². The van der Waals surface area contributed by atoms with Crippen molar-refractivity contribution >= 4 is 28.1 Å². The highest BCUT2D eigenvalue weighted by atomic mass is 32.2. The number of rotatable bonds is 8. The molecule has 1 amide bonds. The van der Waals surface area contributed by atoms with Crippen molar-refractivity contribution in [1.29, 1.82) is 0 Å². The minimum Gasteiger partial charge on any atom is -0.472 e. The van der Waals surface area contributed by atoms with E-state index in [2.05, 4.69) is 4.98 Å². The number of likely N-dealkylation sites (N-methyl/N-ethyl adjacent to an activating group) is 1. The summed E-state index contributed by atoms with van der Waals surface area (Å²) in [4.78, 5) is 19.6. The Labute approximate surface area is 228 Å². The van der Waals surface area contributed by atoms with Crippen molar-refractivity contribution in [1.82, 2.24) is 14.2 Å². The van der Waals surface area contributed by atoms with E-state index in [0.717, 1.165) is 22.0 Å². The second-order valence-electron chi connectivity index (χ2n) is 9.73. The van der Waals surface area contributed by atoms with Gasteiger partial charge in [-0.2, -0.15) is 4.31 Å². The van der Waals surface area contributed by atoms with Crippen LogP contribution in [0.2, 0.25) is 0 Å². The Balaban J connectivity index is 1.66. The molecule has 0 radical (unpaired) electrons. The molecule has 3 aromatic rings. The van der Waals surface area contributed by atoms with E-state index in [9.17, 15) is 22.7 Å². The molecule has 1 N–H and O–H groups in total. The summed E-state index contributed by atoms with van der Waals surface area (Å²) in [7, 11) is -2.50. The predicted octanol–water partition coefficient (Wildman–Crippen LogP) is 3.93. The first kappa shape index (κ1) is 28.4. The largest absolute Gasteiger partial charge is 0.472 e. The molecule has 206 valence electrons. The lowest BCUT2D eigenvalue weighted by Gasteiger charge is -2.37. The maximum atomic E-state index is 13.6. The number of carbonyl (C=O) groups is 1. The molecule has 0 unspecified atom stereocenters. The molecule has 1 aromatic heterocycles. The van der Waals surface area contributed by atoms with E-state index in [1.54, 1.807) is 24.1 Å². The molecule has 39 heavy (non-hydrogen) atoms. The molecule has 0 spiro atoms. The summed E-state index contributed by atoms with van der Waals surface area (Å²) in [5, 5.41) is 9.86. The highest BCUT2D eigenvalue weighted by Gasteiger charge is 2.35. The first-order valence-electron chi connectivity index (χ1n) is 12.6. The van der Waals surface area contributed by atoms with Crippen molar-refractivity contribution in [3.63, 3.8) is 0 Å². The molecular formula is C29H32FN3O5S. The summed E-state index contributed by atoms with van der Waals surface area (Å²) in [6.45, 7) is 3.57. The summed E-state index contributed by atoms with van der Waals surface area (Å²) in [6.07, 6.45) is 4.68. The molecule has 0 fully saturated rings. The number of nitrogens with zero attached hydrogens (tertiary/aromatic N) is 3. The van der Waals surface area contributed by atoms with E-state index in [1.807, 2.05) is 49.4 Å². The Kier molecular flexibility index (Phi) is 8.79. The predicted molar refractivity (Wildman–Crippen MR) is 147 cm³/mol. The molecular weight excluding hydrogens is 521 g/mol. The lowest BCUT2D eigenvalue weighted by molar-refractivity contribution is 0.0373. The van der Waals surface area contributed by atoms with Gasteiger partial charge in [-0.15, -0.1) is 0 Å². The van der Waals surface area contributed by atoms with Gasteiger partial charge in [-0.1, -0.05) is 49.4 Å². The van der Waals surface area contributed by atoms with Crippen molar-refractivity contribution in [2.45, 2.75) is 30.9 Å². The van der Waals surface area contributed by atoms with Crippen LogP contribution in [-0.2, 0) is 10.0 Å². The van der Waals surface area contributed by atoms with Crippen LogP contribution in [0.1, 0.15) is 35.3 Å². The van der Waals surface area contributed by atoms with Crippen molar-refractivity contribution in [2.24, 2.45) is 5.92 Å². The lowest BCUT2D eigenvalue weighted by Crippen LogP contribution is -2.50. The number of amides is 1. The van der Waals surface area contributed by atoms with Crippen molar-refractivity contribution in [3.05, 3.63) is 89.4 Å². The first-order chi connectivity index (χ1) is 18.6. The molecule has 0 saturated heterocycles. The Morgan fingerprint density at radius 3 is 2.49 bits per heavy atom. The lowest BCUT2D eigenvalue weighted by atomic mass is 10.00. The number of sulfonamides is 1. The van der Waals surface area contributed by atoms with Gasteiger partial charge in [0.05, 0.1) is 24.1 Å². The molecule has 2 aromatic carbocycles. The van der Waals surface area contributed by atoms with Gasteiger partial charge in [0.15, 0.2) is 0 Å². The third-order valence-electron chi connectivity index (χ3n) is 6.77. The summed E-state index contributed by atoms with van der Waals surface area (Å²) in [6, 6.07) is 15.5. The summed E-state index contributed by atoms with van der Waals surface area (Å²) < 4.78 is 47.0. The highest BCUT2D eigenvalue weighted by Crippen LogP contribution is 2.28. The van der Waals surface area contributed by atoms with Gasteiger partial charge < -0.3 is 14.7 Å². The van der Waals surface area contributed by atoms with Crippen LogP contribution in [0.3, 0.4) is 0 Å². The van der Waals surface area contributed by atoms with Crippen LogP contribution >= 0.6 is 0 Å². The van der Waals surface area contributed by atoms with E-state index in [0.29, 0.717) is 5.56 Å². The monoisotopic (exact) mass is 553 g/mol. The summed E-state index contributed by atoms with van der Waals surface area (Å²) >= 11 is 0. The van der Waals surface area contributed by atoms with E-state index in [-0.39, 0.29) is 47.9 Å². The zero-order valence-corrected chi connectivity index (χ0v) is 22.9. The van der Waals surface area contributed by atoms with Crippen LogP contribution in [0, 0.1) is 11.7 Å². The fourth-order valence-corrected chi connectivity index (χ4v) is 5.51. The van der Waals surface area contributed by atoms with Crippen LogP contribution in [0.4, 0.5) is 4.39 Å². The number of hydrogen-bond acceptors (Lipinski definition) is 6. The Morgan fingerprint density at radius 2 is 1.82 bits per heavy atom. The number of carbonyl (C=O) groups excluding carboxylic acids is 1. The van der Waals surface area contributed by atoms with E-state index >= 15 is 0 Å². The number of fused-ring (bicyclic) bond motifs is 1. The van der Waals surface area contributed by atoms with Gasteiger partial charge in [-0.05, 0) is 48.4 Å². The first-order valence-corrected chi connectivity index (χ1v) is 14.1. The number of benzene rings is 2. The van der Waals surface area contributed by atoms with E-state index in [4.69, 9.17) is 4.74 Å². The van der Waals surface area contributed by atoms with Gasteiger partial charge in [-0.25, -0.2) is 17.8 Å². The minimum absolute atomic E-state index is 0.0345. The third kappa shape index (κ3) is 6.52. The van der Waals surface area contributed by atoms with E-state index < -0.39 is 28.0 Å². The zero-order valence-electron chi connectivity index (χ0n) is 22.1. The highest BCUT2D eigenvalue weighted by molar-refractivity contribution is 7.89. The standard InChI is InChI=1S/C29H32FN3O5S/c1-20-17-33(21(2)19-34)29(35)26-15-23(10-9-22-7-5-4-6-8-22)16-31-28(26)38-27(20)18-32(3)39(36,37)25-13-11-24(30)12-14-25/h4-16,20-21,27,34H,17-19H2,1-3H3/b10-9+/t20-,21+,27+/m0/s1. The molecule has 0 aliphatic carbocycles.